The van der Waals surface area contributed by atoms with Gasteiger partial charge in [-0.05, 0) is 26.0 Å². The maximum absolute atomic E-state index is 13.1. The smallest absolute Gasteiger partial charge is 0.260 e. The van der Waals surface area contributed by atoms with E-state index < -0.39 is 17.7 Å². The first kappa shape index (κ1) is 16.4. The molecule has 1 aromatic heterocycles. The van der Waals surface area contributed by atoms with Crippen molar-refractivity contribution in [3.8, 4) is 5.75 Å². The van der Waals surface area contributed by atoms with E-state index in [2.05, 4.69) is 10.3 Å². The summed E-state index contributed by atoms with van der Waals surface area (Å²) < 4.78 is 31.2. The summed E-state index contributed by atoms with van der Waals surface area (Å²) in [4.78, 5) is 16.2. The number of halogens is 2. The zero-order valence-electron chi connectivity index (χ0n) is 12.2. The molecule has 0 saturated heterocycles. The van der Waals surface area contributed by atoms with Gasteiger partial charge in [-0.3, -0.25) is 4.79 Å². The predicted molar refractivity (Wildman–Crippen MR) is 80.0 cm³/mol. The molecular weight excluding hydrogens is 310 g/mol. The van der Waals surface area contributed by atoms with Crippen LogP contribution in [0.5, 0.6) is 5.75 Å². The summed E-state index contributed by atoms with van der Waals surface area (Å²) in [7, 11) is 0. The van der Waals surface area contributed by atoms with E-state index in [0.29, 0.717) is 13.0 Å². The fraction of sp³-hybridized carbons (Fsp3) is 0.333. The van der Waals surface area contributed by atoms with Crippen LogP contribution in [0.15, 0.2) is 23.6 Å². The van der Waals surface area contributed by atoms with Crippen molar-refractivity contribution in [2.75, 3.05) is 6.54 Å². The number of carbonyl (C=O) groups is 1. The number of aryl methyl sites for hydroxylation is 1. The van der Waals surface area contributed by atoms with Gasteiger partial charge in [-0.15, -0.1) is 11.3 Å². The standard InChI is InChI=1S/C15H16F2N2O2S/c1-9-8-22-14(19-9)5-6-18-15(20)10(2)21-11-3-4-12(16)13(17)7-11/h3-4,7-8,10H,5-6H2,1-2H3,(H,18,20)/t10-/m1/s1. The van der Waals surface area contributed by atoms with E-state index in [1.807, 2.05) is 12.3 Å². The van der Waals surface area contributed by atoms with Crippen molar-refractivity contribution >= 4 is 17.2 Å². The maximum Gasteiger partial charge on any atom is 0.260 e. The maximum atomic E-state index is 13.1. The molecule has 1 aromatic carbocycles. The molecule has 2 rings (SSSR count). The first-order valence-electron chi connectivity index (χ1n) is 6.76. The second kappa shape index (κ2) is 7.31. The lowest BCUT2D eigenvalue weighted by molar-refractivity contribution is -0.127. The van der Waals surface area contributed by atoms with Gasteiger partial charge in [0.15, 0.2) is 17.7 Å². The van der Waals surface area contributed by atoms with Crippen LogP contribution < -0.4 is 10.1 Å². The van der Waals surface area contributed by atoms with Crippen molar-refractivity contribution < 1.29 is 18.3 Å². The van der Waals surface area contributed by atoms with Gasteiger partial charge in [0.2, 0.25) is 0 Å². The fourth-order valence-corrected chi connectivity index (χ4v) is 2.54. The average molecular weight is 326 g/mol. The molecule has 4 nitrogen and oxygen atoms in total. The van der Waals surface area contributed by atoms with Gasteiger partial charge in [-0.25, -0.2) is 13.8 Å². The minimum atomic E-state index is -1.01. The highest BCUT2D eigenvalue weighted by Gasteiger charge is 2.15. The van der Waals surface area contributed by atoms with E-state index in [9.17, 15) is 13.6 Å². The number of amides is 1. The molecule has 0 aliphatic heterocycles. The van der Waals surface area contributed by atoms with E-state index in [0.717, 1.165) is 22.8 Å². The molecule has 0 radical (unpaired) electrons. The summed E-state index contributed by atoms with van der Waals surface area (Å²) in [5.74, 6) is -2.18. The van der Waals surface area contributed by atoms with E-state index >= 15 is 0 Å². The Hall–Kier alpha value is -2.02. The van der Waals surface area contributed by atoms with E-state index in [1.165, 1.54) is 6.07 Å². The summed E-state index contributed by atoms with van der Waals surface area (Å²) in [5.41, 5.74) is 0.960. The Morgan fingerprint density at radius 3 is 2.82 bits per heavy atom. The fourth-order valence-electron chi connectivity index (χ4n) is 1.76. The Kier molecular flexibility index (Phi) is 5.43. The Bertz CT molecular complexity index is 661. The Labute approximate surface area is 131 Å². The molecule has 1 atom stereocenters. The van der Waals surface area contributed by atoms with Crippen LogP contribution in [-0.4, -0.2) is 23.5 Å². The van der Waals surface area contributed by atoms with Gasteiger partial charge in [0.1, 0.15) is 5.75 Å². The van der Waals surface area contributed by atoms with Gasteiger partial charge in [0.05, 0.1) is 5.01 Å². The van der Waals surface area contributed by atoms with E-state index in [4.69, 9.17) is 4.74 Å². The summed E-state index contributed by atoms with van der Waals surface area (Å²) in [6.45, 7) is 3.90. The molecule has 0 aliphatic rings. The van der Waals surface area contributed by atoms with Crippen LogP contribution in [0.25, 0.3) is 0 Å². The van der Waals surface area contributed by atoms with Crippen LogP contribution in [0, 0.1) is 18.6 Å². The van der Waals surface area contributed by atoms with Crippen molar-refractivity contribution in [1.82, 2.24) is 10.3 Å². The molecule has 118 valence electrons. The highest BCUT2D eigenvalue weighted by molar-refractivity contribution is 7.09. The third-order valence-corrected chi connectivity index (χ3v) is 3.90. The minimum Gasteiger partial charge on any atom is -0.481 e. The van der Waals surface area contributed by atoms with Crippen molar-refractivity contribution in [3.05, 3.63) is 45.9 Å². The molecule has 22 heavy (non-hydrogen) atoms. The number of aromatic nitrogens is 1. The van der Waals surface area contributed by atoms with Crippen LogP contribution in [0.2, 0.25) is 0 Å². The summed E-state index contributed by atoms with van der Waals surface area (Å²) in [6.07, 6.45) is -0.162. The van der Waals surface area contributed by atoms with Gasteiger partial charge < -0.3 is 10.1 Å². The van der Waals surface area contributed by atoms with Crippen LogP contribution in [0.4, 0.5) is 8.78 Å². The molecule has 7 heteroatoms. The van der Waals surface area contributed by atoms with Gasteiger partial charge in [0.25, 0.3) is 5.91 Å². The van der Waals surface area contributed by atoms with Crippen LogP contribution >= 0.6 is 11.3 Å². The van der Waals surface area contributed by atoms with Crippen molar-refractivity contribution in [1.29, 1.82) is 0 Å². The van der Waals surface area contributed by atoms with E-state index in [1.54, 1.807) is 18.3 Å². The van der Waals surface area contributed by atoms with Crippen molar-refractivity contribution in [2.24, 2.45) is 0 Å². The zero-order valence-corrected chi connectivity index (χ0v) is 13.0. The van der Waals surface area contributed by atoms with E-state index in [-0.39, 0.29) is 11.7 Å². The number of nitrogens with zero attached hydrogens (tertiary/aromatic N) is 1. The number of ether oxygens (including phenoxy) is 1. The minimum absolute atomic E-state index is 0.108. The van der Waals surface area contributed by atoms with Crippen LogP contribution in [-0.2, 0) is 11.2 Å². The monoisotopic (exact) mass is 326 g/mol. The number of hydrogen-bond acceptors (Lipinski definition) is 4. The molecule has 0 bridgehead atoms. The number of carbonyl (C=O) groups excluding carboxylic acids is 1. The number of thiazole rings is 1. The lowest BCUT2D eigenvalue weighted by Gasteiger charge is -2.14. The van der Waals surface area contributed by atoms with Crippen molar-refractivity contribution in [3.63, 3.8) is 0 Å². The predicted octanol–water partition coefficient (Wildman–Crippen LogP) is 2.86. The lowest BCUT2D eigenvalue weighted by atomic mass is 10.3. The molecule has 0 aliphatic carbocycles. The average Bonchev–Trinajstić information content (AvgIpc) is 2.88. The largest absolute Gasteiger partial charge is 0.481 e. The molecule has 1 heterocycles. The molecule has 1 N–H and O–H groups in total. The molecule has 0 spiro atoms. The van der Waals surface area contributed by atoms with Gasteiger partial charge in [-0.2, -0.15) is 0 Å². The highest BCUT2D eigenvalue weighted by atomic mass is 32.1. The summed E-state index contributed by atoms with van der Waals surface area (Å²) >= 11 is 1.54. The SMILES string of the molecule is Cc1csc(CCNC(=O)[C@@H](C)Oc2ccc(F)c(F)c2)n1. The highest BCUT2D eigenvalue weighted by Crippen LogP contribution is 2.16. The normalized spacial score (nSPS) is 12.0. The number of rotatable bonds is 6. The first-order valence-corrected chi connectivity index (χ1v) is 7.64. The lowest BCUT2D eigenvalue weighted by Crippen LogP contribution is -2.37. The van der Waals surface area contributed by atoms with Crippen molar-refractivity contribution in [2.45, 2.75) is 26.4 Å². The number of nitrogens with one attached hydrogen (secondary N) is 1. The Morgan fingerprint density at radius 2 is 2.18 bits per heavy atom. The molecule has 0 unspecified atom stereocenters. The van der Waals surface area contributed by atoms with Gasteiger partial charge in [0, 0.05) is 30.1 Å². The Balaban J connectivity index is 1.80. The number of benzene rings is 1. The number of hydrogen-bond donors (Lipinski definition) is 1. The molecule has 2 aromatic rings. The molecule has 1 amide bonds. The van der Waals surface area contributed by atoms with Gasteiger partial charge in [-0.1, -0.05) is 0 Å². The summed E-state index contributed by atoms with van der Waals surface area (Å²) in [6, 6.07) is 3.15. The topological polar surface area (TPSA) is 51.2 Å². The first-order chi connectivity index (χ1) is 10.5. The molecule has 0 saturated carbocycles. The van der Waals surface area contributed by atoms with Crippen LogP contribution in [0.3, 0.4) is 0 Å². The quantitative estimate of drug-likeness (QED) is 0.888. The summed E-state index contributed by atoms with van der Waals surface area (Å²) in [5, 5.41) is 5.62. The molecular formula is C15H16F2N2O2S. The second-order valence-corrected chi connectivity index (χ2v) is 5.70. The molecule has 0 fully saturated rings. The zero-order chi connectivity index (χ0) is 16.1. The Morgan fingerprint density at radius 1 is 1.41 bits per heavy atom. The van der Waals surface area contributed by atoms with Crippen LogP contribution in [0.1, 0.15) is 17.6 Å². The third-order valence-electron chi connectivity index (χ3n) is 2.88. The third kappa shape index (κ3) is 4.49. The second-order valence-electron chi connectivity index (χ2n) is 4.76. The van der Waals surface area contributed by atoms with Gasteiger partial charge >= 0.3 is 0 Å².